The van der Waals surface area contributed by atoms with Crippen molar-refractivity contribution in [1.29, 1.82) is 0 Å². The third-order valence-electron chi connectivity index (χ3n) is 23.5. The normalized spacial score (nSPS) is 15.5. The Morgan fingerprint density at radius 2 is 0.373 bits per heavy atom. The number of fused-ring (bicyclic) bond motifs is 8. The van der Waals surface area contributed by atoms with Gasteiger partial charge in [0.15, 0.2) is 0 Å². The molecule has 16 aromatic carbocycles. The summed E-state index contributed by atoms with van der Waals surface area (Å²) in [6.07, 6.45) is 10.3. The molecule has 0 aromatic heterocycles. The zero-order chi connectivity index (χ0) is 72.3. The van der Waals surface area contributed by atoms with Gasteiger partial charge in [0.05, 0.1) is 0 Å². The van der Waals surface area contributed by atoms with Gasteiger partial charge >= 0.3 is 657 Å². The molecule has 0 nitrogen and oxygen atoms in total. The van der Waals surface area contributed by atoms with Crippen LogP contribution in [0, 0.1) is 0 Å². The van der Waals surface area contributed by atoms with Gasteiger partial charge in [-0.3, -0.25) is 0 Å². The molecule has 4 atom stereocenters. The molecule has 20 rings (SSSR count). The number of halogens is 2. The van der Waals surface area contributed by atoms with Gasteiger partial charge in [0.25, 0.3) is 0 Å². The van der Waals surface area contributed by atoms with Gasteiger partial charge in [-0.1, -0.05) is 0 Å². The molecule has 4 aliphatic carbocycles. The summed E-state index contributed by atoms with van der Waals surface area (Å²) in [5.41, 5.74) is 26.7. The molecule has 0 saturated carbocycles. The largest absolute Gasteiger partial charge is 1.00 e. The van der Waals surface area contributed by atoms with Gasteiger partial charge in [0, 0.05) is 0 Å². The second-order valence-corrected chi connectivity index (χ2v) is 68.6. The zero-order valence-electron chi connectivity index (χ0n) is 62.0. The monoisotopic (exact) mass is 1810 g/mol. The zero-order valence-corrected chi connectivity index (χ0v) is 72.7. The Labute approximate surface area is 675 Å². The number of hydrogen-bond acceptors (Lipinski definition) is 0. The van der Waals surface area contributed by atoms with Crippen molar-refractivity contribution in [3.05, 3.63) is 431 Å². The first-order chi connectivity index (χ1) is 53.3. The fourth-order valence-electron chi connectivity index (χ4n) is 19.0. The molecule has 0 spiro atoms. The van der Waals surface area contributed by atoms with E-state index in [2.05, 4.69) is 416 Å². The van der Waals surface area contributed by atoms with Gasteiger partial charge in [-0.05, 0) is 0 Å². The van der Waals surface area contributed by atoms with Crippen molar-refractivity contribution in [2.24, 2.45) is 0 Å². The van der Waals surface area contributed by atoms with Crippen molar-refractivity contribution >= 4 is 99.1 Å². The Hall–Kier alpha value is -9.73. The maximum Gasteiger partial charge on any atom is -1.00 e. The Bertz CT molecular complexity index is 5690. The van der Waals surface area contributed by atoms with Crippen LogP contribution in [-0.2, 0) is 40.1 Å². The Morgan fingerprint density at radius 3 is 0.600 bits per heavy atom. The smallest absolute Gasteiger partial charge is 1.00 e. The predicted molar refractivity (Wildman–Crippen MR) is 459 cm³/mol. The van der Waals surface area contributed by atoms with Crippen molar-refractivity contribution in [1.82, 2.24) is 0 Å². The van der Waals surface area contributed by atoms with Gasteiger partial charge in [-0.25, -0.2) is 0 Å². The molecule has 0 saturated heterocycles. The molecule has 4 aliphatic rings. The Kier molecular flexibility index (Phi) is 21.0. The van der Waals surface area contributed by atoms with Crippen LogP contribution >= 0.6 is 0 Å². The second-order valence-electron chi connectivity index (χ2n) is 29.8. The van der Waals surface area contributed by atoms with Crippen LogP contribution < -0.4 is 45.6 Å². The fraction of sp³-hybridized carbons (Fsp3) is 0.0769. The molecule has 0 bridgehead atoms. The minimum absolute atomic E-state index is 0. The number of allylic oxidation sites excluding steroid dienone is 4. The minimum Gasteiger partial charge on any atom is -1.00 e. The first-order valence-electron chi connectivity index (χ1n) is 38.2. The van der Waals surface area contributed by atoms with Crippen LogP contribution in [0.1, 0.15) is 86.9 Å². The van der Waals surface area contributed by atoms with Gasteiger partial charge in [0.2, 0.25) is 0 Å². The molecule has 0 amide bonds. The first-order valence-corrected chi connectivity index (χ1v) is 60.3. The Balaban J connectivity index is 0.000000157. The van der Waals surface area contributed by atoms with Crippen molar-refractivity contribution in [3.63, 3.8) is 0 Å². The van der Waals surface area contributed by atoms with Crippen LogP contribution in [0.25, 0.3) is 112 Å². The van der Waals surface area contributed by atoms with Crippen molar-refractivity contribution in [3.8, 4) is 44.5 Å². The molecular formula is C104H80Cl2Hf2Si2-2. The molecule has 4 unspecified atom stereocenters. The molecule has 528 valence electrons. The SMILES string of the molecule is CC1=Cc2c(-c3cccc4ccccc34)cccc2[CH]1[Hf]([CH]1C(C)=Cc2c(-c3cccc4ccccc34)cccc21)=[Si](c1ccccc1)c1ccccc1.CC1=Cc2c(-c3cccc4ccccc34)cccc2[CH]1[Hf]([CH]1C(C)=Cc2c(-c3cccc4ccccc34)cccc21)=[Si](c1ccccc1)c1ccccc1.[Cl-].[Cl-]. The van der Waals surface area contributed by atoms with E-state index in [-0.39, 0.29) is 24.8 Å². The van der Waals surface area contributed by atoms with Gasteiger partial charge in [-0.15, -0.1) is 0 Å². The molecule has 0 fully saturated rings. The molecule has 110 heavy (non-hydrogen) atoms. The van der Waals surface area contributed by atoms with Crippen molar-refractivity contribution in [2.45, 2.75) is 42.4 Å². The van der Waals surface area contributed by atoms with Gasteiger partial charge < -0.3 is 24.8 Å². The predicted octanol–water partition coefficient (Wildman–Crippen LogP) is 18.7. The second kappa shape index (κ2) is 31.6. The van der Waals surface area contributed by atoms with E-state index in [0.717, 1.165) is 0 Å². The van der Waals surface area contributed by atoms with Crippen molar-refractivity contribution in [2.75, 3.05) is 0 Å². The maximum absolute atomic E-state index is 3.02. The molecule has 16 aromatic rings. The number of hydrogen-bond donors (Lipinski definition) is 0. The summed E-state index contributed by atoms with van der Waals surface area (Å²) in [6, 6.07) is 138. The average Bonchev–Trinajstić information content (AvgIpc) is 1.57. The summed E-state index contributed by atoms with van der Waals surface area (Å²) in [4.78, 5) is 0. The third-order valence-corrected chi connectivity index (χ3v) is 82.6. The number of rotatable bonds is 12. The van der Waals surface area contributed by atoms with Crippen LogP contribution in [0.4, 0.5) is 0 Å². The molecule has 6 heteroatoms. The van der Waals surface area contributed by atoms with E-state index in [4.69, 9.17) is 0 Å². The molecule has 0 radical (unpaired) electrons. The Morgan fingerprint density at radius 1 is 0.191 bits per heavy atom. The summed E-state index contributed by atoms with van der Waals surface area (Å²) in [6.45, 7) is 9.83. The van der Waals surface area contributed by atoms with Gasteiger partial charge in [0.1, 0.15) is 0 Å². The topological polar surface area (TPSA) is 0 Å². The van der Waals surface area contributed by atoms with E-state index in [1.54, 1.807) is 65.3 Å². The van der Waals surface area contributed by atoms with Crippen LogP contribution in [0.15, 0.2) is 386 Å². The maximum atomic E-state index is 2.58. The summed E-state index contributed by atoms with van der Waals surface area (Å²) in [7, 11) is 0. The van der Waals surface area contributed by atoms with Gasteiger partial charge in [-0.2, -0.15) is 0 Å². The van der Waals surface area contributed by atoms with E-state index in [9.17, 15) is 0 Å². The number of benzene rings is 16. The van der Waals surface area contributed by atoms with Crippen LogP contribution in [0.3, 0.4) is 0 Å². The van der Waals surface area contributed by atoms with E-state index in [0.29, 0.717) is 14.7 Å². The quantitative estimate of drug-likeness (QED) is 0.107. The first kappa shape index (κ1) is 73.1. The molecule has 0 aliphatic heterocycles. The summed E-state index contributed by atoms with van der Waals surface area (Å²) in [5.74, 6) is 0. The minimum atomic E-state index is -3.02. The van der Waals surface area contributed by atoms with Crippen LogP contribution in [0.2, 0.25) is 0 Å². The molecular weight excluding hydrogens is 1730 g/mol. The average molecular weight is 1810 g/mol. The summed E-state index contributed by atoms with van der Waals surface area (Å²) >= 11 is -6.04. The van der Waals surface area contributed by atoms with Crippen LogP contribution in [0.5, 0.6) is 0 Å². The van der Waals surface area contributed by atoms with E-state index in [1.807, 2.05) is 0 Å². The standard InChI is InChI=1S/4C20H15.2C12H10Si.2ClH.2Hf/c4*1-14-12-16-8-5-11-19(20(16)13-14)18-10-4-7-15-6-2-3-9-17(15)18;2*1-3-7-11(8-4-1)13-12-9-5-2-6-10-12;;;;/h4*2-13H,1H3;2*1-10H;2*1H;;/p-2. The fourth-order valence-corrected chi connectivity index (χ4v) is 89.9. The summed E-state index contributed by atoms with van der Waals surface area (Å²) < 4.78 is 1.87. The van der Waals surface area contributed by atoms with E-state index >= 15 is 0 Å². The summed E-state index contributed by atoms with van der Waals surface area (Å²) in [5, 5.41) is 16.7. The molecule has 0 N–H and O–H groups in total. The molecule has 0 heterocycles. The van der Waals surface area contributed by atoms with Crippen molar-refractivity contribution < 1.29 is 64.9 Å². The van der Waals surface area contributed by atoms with Crippen LogP contribution in [-0.4, -0.2) is 11.0 Å². The third kappa shape index (κ3) is 13.1. The van der Waals surface area contributed by atoms with E-state index < -0.39 is 51.1 Å². The van der Waals surface area contributed by atoms with E-state index in [1.165, 1.54) is 110 Å².